The highest BCUT2D eigenvalue weighted by Gasteiger charge is 2.38. The second-order valence-corrected chi connectivity index (χ2v) is 7.85. The van der Waals surface area contributed by atoms with Crippen molar-refractivity contribution in [2.45, 2.75) is 24.6 Å². The lowest BCUT2D eigenvalue weighted by Gasteiger charge is -2.30. The van der Waals surface area contributed by atoms with Crippen LogP contribution in [0.5, 0.6) is 11.5 Å². The van der Waals surface area contributed by atoms with Crippen molar-refractivity contribution in [3.05, 3.63) is 23.8 Å². The molecule has 1 aromatic rings. The van der Waals surface area contributed by atoms with Crippen LogP contribution in [0.1, 0.15) is 25.5 Å². The number of hydrogen-bond donors (Lipinski definition) is 1. The van der Waals surface area contributed by atoms with Gasteiger partial charge in [0.25, 0.3) is 0 Å². The van der Waals surface area contributed by atoms with Crippen molar-refractivity contribution in [3.63, 3.8) is 0 Å². The number of sulfone groups is 1. The summed E-state index contributed by atoms with van der Waals surface area (Å²) < 4.78 is 33.5. The number of fused-ring (bicyclic) bond motifs is 1. The summed E-state index contributed by atoms with van der Waals surface area (Å²) in [5.74, 6) is 1.28. The van der Waals surface area contributed by atoms with Crippen LogP contribution in [0.15, 0.2) is 18.2 Å². The lowest BCUT2D eigenvalue weighted by molar-refractivity contribution is 0.171. The van der Waals surface area contributed by atoms with Gasteiger partial charge in [-0.15, -0.1) is 0 Å². The Morgan fingerprint density at radius 3 is 2.37 bits per heavy atom. The van der Waals surface area contributed by atoms with E-state index >= 15 is 0 Å². The van der Waals surface area contributed by atoms with Crippen molar-refractivity contribution in [1.82, 2.24) is 0 Å². The highest BCUT2D eigenvalue weighted by molar-refractivity contribution is 7.92. The van der Waals surface area contributed by atoms with Crippen LogP contribution in [0, 0.1) is 0 Å². The predicted octanol–water partition coefficient (Wildman–Crippen LogP) is 1.28. The van der Waals surface area contributed by atoms with Crippen LogP contribution in [0.4, 0.5) is 0 Å². The smallest absolute Gasteiger partial charge is 0.161 e. The van der Waals surface area contributed by atoms with Gasteiger partial charge in [0.05, 0.1) is 4.75 Å². The fourth-order valence-corrected chi connectivity index (χ4v) is 2.48. The van der Waals surface area contributed by atoms with E-state index in [-0.39, 0.29) is 0 Å². The van der Waals surface area contributed by atoms with E-state index < -0.39 is 20.6 Å². The van der Waals surface area contributed by atoms with E-state index in [1.54, 1.807) is 32.0 Å². The van der Waals surface area contributed by atoms with Gasteiger partial charge in [-0.2, -0.15) is 0 Å². The SMILES string of the molecule is CC(C)(C(N)c1ccc2c(c1)OCCO2)S(C)(=O)=O. The molecule has 0 radical (unpaired) electrons. The van der Waals surface area contributed by atoms with E-state index in [4.69, 9.17) is 15.2 Å². The fraction of sp³-hybridized carbons (Fsp3) is 0.538. The molecule has 0 saturated heterocycles. The van der Waals surface area contributed by atoms with Crippen molar-refractivity contribution in [2.75, 3.05) is 19.5 Å². The molecule has 2 rings (SSSR count). The van der Waals surface area contributed by atoms with Gasteiger partial charge < -0.3 is 15.2 Å². The summed E-state index contributed by atoms with van der Waals surface area (Å²) in [5, 5.41) is 0. The van der Waals surface area contributed by atoms with Crippen LogP contribution in [0.3, 0.4) is 0 Å². The predicted molar refractivity (Wildman–Crippen MR) is 73.3 cm³/mol. The van der Waals surface area contributed by atoms with Gasteiger partial charge in [-0.25, -0.2) is 8.42 Å². The maximum Gasteiger partial charge on any atom is 0.161 e. The molecule has 2 N–H and O–H groups in total. The largest absolute Gasteiger partial charge is 0.486 e. The Bertz CT molecular complexity index is 580. The Hall–Kier alpha value is -1.27. The van der Waals surface area contributed by atoms with Gasteiger partial charge in [-0.3, -0.25) is 0 Å². The Morgan fingerprint density at radius 2 is 1.79 bits per heavy atom. The van der Waals surface area contributed by atoms with Crippen molar-refractivity contribution >= 4 is 9.84 Å². The highest BCUT2D eigenvalue weighted by Crippen LogP contribution is 2.36. The summed E-state index contributed by atoms with van der Waals surface area (Å²) in [6.07, 6.45) is 1.20. The minimum absolute atomic E-state index is 0.487. The third-order valence-electron chi connectivity index (χ3n) is 3.63. The minimum Gasteiger partial charge on any atom is -0.486 e. The van der Waals surface area contributed by atoms with E-state index in [0.717, 1.165) is 5.56 Å². The van der Waals surface area contributed by atoms with E-state index in [0.29, 0.717) is 24.7 Å². The third-order valence-corrected chi connectivity index (χ3v) is 5.80. The van der Waals surface area contributed by atoms with E-state index in [2.05, 4.69) is 0 Å². The van der Waals surface area contributed by atoms with Crippen LogP contribution in [0.2, 0.25) is 0 Å². The second-order valence-electron chi connectivity index (χ2n) is 5.26. The molecule has 0 aliphatic carbocycles. The molecule has 1 unspecified atom stereocenters. The third kappa shape index (κ3) is 2.55. The lowest BCUT2D eigenvalue weighted by atomic mass is 9.95. The standard InChI is InChI=1S/C13H19NO4S/c1-13(2,19(3,15)16)12(14)9-4-5-10-11(8-9)18-7-6-17-10/h4-5,8,12H,6-7,14H2,1-3H3. The molecule has 1 heterocycles. The molecular formula is C13H19NO4S. The van der Waals surface area contributed by atoms with E-state index in [1.165, 1.54) is 6.26 Å². The molecule has 1 aliphatic heterocycles. The molecule has 5 nitrogen and oxygen atoms in total. The van der Waals surface area contributed by atoms with Crippen molar-refractivity contribution in [3.8, 4) is 11.5 Å². The molecule has 1 aromatic carbocycles. The monoisotopic (exact) mass is 285 g/mol. The first kappa shape index (κ1) is 14.1. The number of benzene rings is 1. The van der Waals surface area contributed by atoms with Gasteiger partial charge in [0.2, 0.25) is 0 Å². The maximum atomic E-state index is 11.8. The summed E-state index contributed by atoms with van der Waals surface area (Å²) in [4.78, 5) is 0. The number of rotatable bonds is 3. The van der Waals surface area contributed by atoms with Gasteiger partial charge in [0, 0.05) is 12.3 Å². The Morgan fingerprint density at radius 1 is 1.21 bits per heavy atom. The summed E-state index contributed by atoms with van der Waals surface area (Å²) in [7, 11) is -3.27. The van der Waals surface area contributed by atoms with E-state index in [1.807, 2.05) is 0 Å². The Kier molecular flexibility index (Phi) is 3.49. The number of nitrogens with two attached hydrogens (primary N) is 1. The van der Waals surface area contributed by atoms with E-state index in [9.17, 15) is 8.42 Å². The van der Waals surface area contributed by atoms with Gasteiger partial charge in [0.1, 0.15) is 13.2 Å². The normalized spacial score (nSPS) is 17.1. The maximum absolute atomic E-state index is 11.8. The van der Waals surface area contributed by atoms with Gasteiger partial charge in [0.15, 0.2) is 21.3 Å². The average Bonchev–Trinajstić information content (AvgIpc) is 2.36. The molecule has 1 atom stereocenters. The average molecular weight is 285 g/mol. The molecule has 0 amide bonds. The van der Waals surface area contributed by atoms with Gasteiger partial charge in [-0.1, -0.05) is 6.07 Å². The lowest BCUT2D eigenvalue weighted by Crippen LogP contribution is -2.42. The first-order valence-electron chi connectivity index (χ1n) is 6.08. The summed E-state index contributed by atoms with van der Waals surface area (Å²) in [6.45, 7) is 4.27. The van der Waals surface area contributed by atoms with Crippen LogP contribution in [0.25, 0.3) is 0 Å². The number of ether oxygens (including phenoxy) is 2. The number of hydrogen-bond acceptors (Lipinski definition) is 5. The van der Waals surface area contributed by atoms with Crippen LogP contribution in [-0.4, -0.2) is 32.6 Å². The minimum atomic E-state index is -3.27. The highest BCUT2D eigenvalue weighted by atomic mass is 32.2. The first-order valence-corrected chi connectivity index (χ1v) is 7.97. The molecule has 0 spiro atoms. The zero-order valence-corrected chi connectivity index (χ0v) is 12.2. The first-order chi connectivity index (χ1) is 8.73. The fourth-order valence-electron chi connectivity index (χ4n) is 1.89. The van der Waals surface area contributed by atoms with Crippen LogP contribution >= 0.6 is 0 Å². The zero-order valence-electron chi connectivity index (χ0n) is 11.3. The summed E-state index contributed by atoms with van der Waals surface area (Å²) >= 11 is 0. The van der Waals surface area contributed by atoms with Crippen molar-refractivity contribution in [1.29, 1.82) is 0 Å². The van der Waals surface area contributed by atoms with Crippen molar-refractivity contribution in [2.24, 2.45) is 5.73 Å². The van der Waals surface area contributed by atoms with Crippen LogP contribution in [-0.2, 0) is 9.84 Å². The molecule has 0 bridgehead atoms. The van der Waals surface area contributed by atoms with Gasteiger partial charge >= 0.3 is 0 Å². The Balaban J connectivity index is 2.37. The molecule has 0 fully saturated rings. The second kappa shape index (κ2) is 4.68. The van der Waals surface area contributed by atoms with Gasteiger partial charge in [-0.05, 0) is 31.5 Å². The molecule has 0 saturated carbocycles. The quantitative estimate of drug-likeness (QED) is 0.905. The molecule has 0 aromatic heterocycles. The molecule has 106 valence electrons. The van der Waals surface area contributed by atoms with Crippen molar-refractivity contribution < 1.29 is 17.9 Å². The zero-order chi connectivity index (χ0) is 14.3. The topological polar surface area (TPSA) is 78.6 Å². The molecular weight excluding hydrogens is 266 g/mol. The van der Waals surface area contributed by atoms with Crippen LogP contribution < -0.4 is 15.2 Å². The Labute approximate surface area is 113 Å². The molecule has 1 aliphatic rings. The molecule has 6 heteroatoms. The summed E-state index contributed by atoms with van der Waals surface area (Å²) in [6, 6.07) is 4.68. The molecule has 19 heavy (non-hydrogen) atoms. The summed E-state index contributed by atoms with van der Waals surface area (Å²) in [5.41, 5.74) is 6.84.